The Balaban J connectivity index is 3.38. The Hall–Kier alpha value is -3.56. The molecule has 0 amide bonds. The highest BCUT2D eigenvalue weighted by atomic mass is 32.2. The summed E-state index contributed by atoms with van der Waals surface area (Å²) in [4.78, 5) is 7.12. The van der Waals surface area contributed by atoms with E-state index in [-0.39, 0.29) is 6.07 Å². The molecule has 0 saturated heterocycles. The number of alkyl halides is 14. The molecule has 7 nitrogen and oxygen atoms in total. The predicted octanol–water partition coefficient (Wildman–Crippen LogP) is 6.30. The minimum absolute atomic E-state index is 0.173. The molecule has 0 bridgehead atoms. The van der Waals surface area contributed by atoms with Crippen LogP contribution in [-0.4, -0.2) is 68.5 Å². The second-order valence-corrected chi connectivity index (χ2v) is 9.47. The first-order valence-electron chi connectivity index (χ1n) is 12.2. The number of para-hydroxylation sites is 1. The number of carboxylic acid groups (broad SMARTS) is 1. The van der Waals surface area contributed by atoms with Gasteiger partial charge in [-0.3, -0.25) is 0 Å². The van der Waals surface area contributed by atoms with Crippen LogP contribution in [0.5, 0.6) is 11.5 Å². The zero-order valence-electron chi connectivity index (χ0n) is 23.8. The van der Waals surface area contributed by atoms with Crippen LogP contribution in [0.4, 0.5) is 67.2 Å². The van der Waals surface area contributed by atoms with E-state index in [0.29, 0.717) is 12.1 Å². The van der Waals surface area contributed by atoms with Crippen LogP contribution in [0.25, 0.3) is 0 Å². The molecule has 0 fully saturated rings. The smallest absolute Gasteiger partial charge is 0.459 e. The SMILES string of the molecule is [2H]C([2H])(N(c1cc(C(=O)O)cc(S(N)(=O)=O)c1Oc1ccccc1)C([2H])([2H])C(F)(F)C(F)(F)C(F)(F)F)C(F)(F)C(F)(F)C(F)(F)F. The van der Waals surface area contributed by atoms with Gasteiger partial charge in [0.2, 0.25) is 10.0 Å². The van der Waals surface area contributed by atoms with Crippen molar-refractivity contribution in [3.8, 4) is 11.5 Å². The van der Waals surface area contributed by atoms with Crippen molar-refractivity contribution in [3.63, 3.8) is 0 Å². The first-order valence-corrected chi connectivity index (χ1v) is 11.8. The fraction of sp³-hybridized carbons (Fsp3) is 0.381. The van der Waals surface area contributed by atoms with Crippen LogP contribution in [0.3, 0.4) is 0 Å². The lowest BCUT2D eigenvalue weighted by Gasteiger charge is -2.38. The minimum atomic E-state index is -7.81. The Morgan fingerprint density at radius 3 is 1.58 bits per heavy atom. The molecule has 0 atom stereocenters. The topological polar surface area (TPSA) is 110 Å². The van der Waals surface area contributed by atoms with Gasteiger partial charge in [-0.05, 0) is 24.3 Å². The van der Waals surface area contributed by atoms with E-state index in [1.54, 1.807) is 0 Å². The molecular weight excluding hydrogens is 658 g/mol. The zero-order valence-corrected chi connectivity index (χ0v) is 20.7. The van der Waals surface area contributed by atoms with Crippen molar-refractivity contribution < 1.29 is 90.0 Å². The van der Waals surface area contributed by atoms with E-state index < -0.39 is 104 Å². The molecule has 0 saturated carbocycles. The van der Waals surface area contributed by atoms with E-state index in [1.807, 2.05) is 0 Å². The number of anilines is 1. The van der Waals surface area contributed by atoms with Gasteiger partial charge in [0.25, 0.3) is 0 Å². The van der Waals surface area contributed by atoms with Gasteiger partial charge < -0.3 is 14.7 Å². The molecule has 0 aromatic heterocycles. The number of primary sulfonamides is 1. The van der Waals surface area contributed by atoms with Crippen LogP contribution in [0, 0.1) is 0 Å². The van der Waals surface area contributed by atoms with Crippen LogP contribution in [0.15, 0.2) is 47.4 Å². The standard InChI is InChI=1S/C21H14F14N2O5S/c22-16(23,18(26,27)20(30,31)32)8-37(9-17(24,25)19(28,29)21(33,34)35)12-6-10(15(38)39)7-13(43(36,40)41)14(12)42-11-4-2-1-3-5-11/h1-7H,8-9H2,(H,38,39)(H2,36,40,41)/i8D2,9D2. The lowest BCUT2D eigenvalue weighted by molar-refractivity contribution is -0.356. The second kappa shape index (κ2) is 11.2. The van der Waals surface area contributed by atoms with Gasteiger partial charge in [0.15, 0.2) is 5.75 Å². The van der Waals surface area contributed by atoms with Crippen LogP contribution in [0.2, 0.25) is 0 Å². The van der Waals surface area contributed by atoms with Crippen LogP contribution in [-0.2, 0) is 10.0 Å². The molecule has 0 aliphatic rings. The van der Waals surface area contributed by atoms with Crippen molar-refractivity contribution in [2.75, 3.05) is 17.9 Å². The third-order valence-corrected chi connectivity index (χ3v) is 5.71. The number of halogens is 14. The van der Waals surface area contributed by atoms with Crippen molar-refractivity contribution in [2.24, 2.45) is 5.14 Å². The first-order chi connectivity index (χ1) is 20.6. The highest BCUT2D eigenvalue weighted by molar-refractivity contribution is 7.89. The summed E-state index contributed by atoms with van der Waals surface area (Å²) in [5.41, 5.74) is -4.60. The highest BCUT2D eigenvalue weighted by Crippen LogP contribution is 2.51. The monoisotopic (exact) mass is 676 g/mol. The number of carboxylic acids is 1. The number of ether oxygens (including phenoxy) is 1. The van der Waals surface area contributed by atoms with Crippen LogP contribution < -0.4 is 14.8 Å². The molecule has 0 radical (unpaired) electrons. The van der Waals surface area contributed by atoms with E-state index in [9.17, 15) is 62.2 Å². The predicted molar refractivity (Wildman–Crippen MR) is 115 cm³/mol. The summed E-state index contributed by atoms with van der Waals surface area (Å²) in [5, 5.41) is 14.2. The van der Waals surface area contributed by atoms with Gasteiger partial charge in [-0.1, -0.05) is 18.2 Å². The van der Waals surface area contributed by atoms with E-state index >= 15 is 17.6 Å². The average molecular weight is 676 g/mol. The summed E-state index contributed by atoms with van der Waals surface area (Å²) in [6.07, 6.45) is -15.2. The summed E-state index contributed by atoms with van der Waals surface area (Å²) < 4.78 is 254. The van der Waals surface area contributed by atoms with Gasteiger partial charge in [-0.15, -0.1) is 0 Å². The summed E-state index contributed by atoms with van der Waals surface area (Å²) in [7, 11) is -5.72. The summed E-state index contributed by atoms with van der Waals surface area (Å²) in [6.45, 7) is -13.2. The molecule has 2 aromatic carbocycles. The van der Waals surface area contributed by atoms with Gasteiger partial charge in [-0.2, -0.15) is 61.5 Å². The maximum atomic E-state index is 15.0. The first kappa shape index (κ1) is 29.5. The molecule has 0 aliphatic heterocycles. The number of carbonyl (C=O) groups is 1. The fourth-order valence-corrected chi connectivity index (χ4v) is 3.42. The van der Waals surface area contributed by atoms with E-state index in [2.05, 4.69) is 0 Å². The molecule has 2 aromatic rings. The van der Waals surface area contributed by atoms with Gasteiger partial charge in [0, 0.05) is 0 Å². The Labute approximate surface area is 236 Å². The number of nitrogens with two attached hydrogens (primary N) is 1. The molecule has 43 heavy (non-hydrogen) atoms. The van der Waals surface area contributed by atoms with E-state index in [0.717, 1.165) is 18.2 Å². The number of nitrogens with zero attached hydrogens (tertiary/aromatic N) is 1. The van der Waals surface area contributed by atoms with Crippen molar-refractivity contribution in [1.82, 2.24) is 0 Å². The summed E-state index contributed by atoms with van der Waals surface area (Å²) >= 11 is 0. The molecule has 0 unspecified atom stereocenters. The molecule has 2 rings (SSSR count). The molecular formula is C21H14F14N2O5S. The van der Waals surface area contributed by atoms with Crippen molar-refractivity contribution in [1.29, 1.82) is 0 Å². The van der Waals surface area contributed by atoms with Gasteiger partial charge >= 0.3 is 42.0 Å². The maximum Gasteiger partial charge on any atom is 0.459 e. The summed E-state index contributed by atoms with van der Waals surface area (Å²) in [6, 6.07) is 3.68. The Bertz CT molecular complexity index is 1570. The highest BCUT2D eigenvalue weighted by Gasteiger charge is 2.75. The molecule has 22 heteroatoms. The number of hydrogen-bond acceptors (Lipinski definition) is 5. The lowest BCUT2D eigenvalue weighted by Crippen LogP contribution is -2.61. The van der Waals surface area contributed by atoms with Gasteiger partial charge in [-0.25, -0.2) is 18.4 Å². The number of aromatic carboxylic acids is 1. The van der Waals surface area contributed by atoms with Gasteiger partial charge in [0.1, 0.15) is 10.6 Å². The molecule has 3 N–H and O–H groups in total. The van der Waals surface area contributed by atoms with E-state index in [4.69, 9.17) is 15.4 Å². The fourth-order valence-electron chi connectivity index (χ4n) is 2.72. The summed E-state index contributed by atoms with van der Waals surface area (Å²) in [5.74, 6) is -36.6. The number of sulfonamides is 1. The minimum Gasteiger partial charge on any atom is -0.478 e. The van der Waals surface area contributed by atoms with Crippen molar-refractivity contribution in [2.45, 2.75) is 40.9 Å². The quantitative estimate of drug-likeness (QED) is 0.271. The Morgan fingerprint density at radius 2 is 1.23 bits per heavy atom. The lowest BCUT2D eigenvalue weighted by atomic mass is 10.1. The maximum absolute atomic E-state index is 15.0. The zero-order chi connectivity index (χ0) is 37.2. The van der Waals surface area contributed by atoms with Crippen LogP contribution in [0.1, 0.15) is 15.8 Å². The normalized spacial score (nSPS) is 16.1. The number of hydrogen-bond donors (Lipinski definition) is 2. The van der Waals surface area contributed by atoms with E-state index in [1.165, 1.54) is 0 Å². The third kappa shape index (κ3) is 7.16. The third-order valence-electron chi connectivity index (χ3n) is 4.80. The average Bonchev–Trinajstić information content (AvgIpc) is 2.87. The molecule has 0 spiro atoms. The van der Waals surface area contributed by atoms with Crippen molar-refractivity contribution >= 4 is 21.7 Å². The number of rotatable bonds is 11. The largest absolute Gasteiger partial charge is 0.478 e. The Morgan fingerprint density at radius 1 is 0.814 bits per heavy atom. The van der Waals surface area contributed by atoms with Crippen LogP contribution >= 0.6 is 0 Å². The molecule has 0 aliphatic carbocycles. The second-order valence-electron chi connectivity index (χ2n) is 7.94. The molecule has 242 valence electrons. The van der Waals surface area contributed by atoms with Gasteiger partial charge in [0.05, 0.1) is 29.7 Å². The molecule has 0 heterocycles. The van der Waals surface area contributed by atoms with Crippen molar-refractivity contribution in [3.05, 3.63) is 48.0 Å². The Kier molecular flexibility index (Phi) is 7.67. The number of benzene rings is 2.